The number of furan rings is 1. The van der Waals surface area contributed by atoms with Gasteiger partial charge in [0.15, 0.2) is 0 Å². The highest BCUT2D eigenvalue weighted by Gasteiger charge is 2.11. The van der Waals surface area contributed by atoms with Crippen molar-refractivity contribution in [3.63, 3.8) is 0 Å². The molecule has 0 saturated heterocycles. The minimum atomic E-state index is 0.245. The fraction of sp³-hybridized carbons (Fsp3) is 0.231. The molecule has 1 atom stereocenters. The number of hydrogen-bond donors (Lipinski definition) is 1. The molecule has 0 bridgehead atoms. The van der Waals surface area contributed by atoms with E-state index in [1.54, 1.807) is 6.26 Å². The van der Waals surface area contributed by atoms with E-state index in [0.29, 0.717) is 0 Å². The van der Waals surface area contributed by atoms with Crippen molar-refractivity contribution >= 4 is 28.3 Å². The molecule has 0 spiro atoms. The normalized spacial score (nSPS) is 12.4. The fourth-order valence-corrected chi connectivity index (χ4v) is 1.97. The Labute approximate surface area is 109 Å². The van der Waals surface area contributed by atoms with E-state index in [9.17, 15) is 0 Å². The molecule has 0 aliphatic heterocycles. The first kappa shape index (κ1) is 11.5. The first-order valence-electron chi connectivity index (χ1n) is 5.35. The summed E-state index contributed by atoms with van der Waals surface area (Å²) in [5, 5.41) is 3.46. The zero-order chi connectivity index (χ0) is 11.4. The predicted octanol–water partition coefficient (Wildman–Crippen LogP) is 4.45. The van der Waals surface area contributed by atoms with E-state index in [2.05, 4.69) is 59.1 Å². The molecule has 84 valence electrons. The molecule has 2 rings (SSSR count). The number of nitrogens with one attached hydrogen (secondary N) is 1. The Hall–Kier alpha value is -0.970. The van der Waals surface area contributed by atoms with Gasteiger partial charge in [0.1, 0.15) is 5.76 Å². The van der Waals surface area contributed by atoms with E-state index in [1.165, 1.54) is 3.57 Å². The summed E-state index contributed by atoms with van der Waals surface area (Å²) in [6.45, 7) is 2.15. The van der Waals surface area contributed by atoms with Crippen molar-refractivity contribution in [1.82, 2.24) is 0 Å². The summed E-state index contributed by atoms with van der Waals surface area (Å²) >= 11 is 2.30. The summed E-state index contributed by atoms with van der Waals surface area (Å²) in [5.74, 6) is 0.987. The predicted molar refractivity (Wildman–Crippen MR) is 74.5 cm³/mol. The lowest BCUT2D eigenvalue weighted by Gasteiger charge is -2.15. The standard InChI is InChI=1S/C13H14INO/c1-2-12(13-4-3-9-16-13)15-11-7-5-10(14)6-8-11/h3-9,12,15H,2H2,1H3. The van der Waals surface area contributed by atoms with Crippen LogP contribution in [-0.4, -0.2) is 0 Å². The second-order valence-electron chi connectivity index (χ2n) is 3.63. The van der Waals surface area contributed by atoms with Gasteiger partial charge < -0.3 is 9.73 Å². The summed E-state index contributed by atoms with van der Waals surface area (Å²) < 4.78 is 6.66. The summed E-state index contributed by atoms with van der Waals surface area (Å²) in [6.07, 6.45) is 2.72. The molecule has 0 aliphatic rings. The molecule has 0 fully saturated rings. The topological polar surface area (TPSA) is 25.2 Å². The van der Waals surface area contributed by atoms with Gasteiger partial charge >= 0.3 is 0 Å². The van der Waals surface area contributed by atoms with Crippen molar-refractivity contribution in [2.75, 3.05) is 5.32 Å². The molecular weight excluding hydrogens is 313 g/mol. The minimum Gasteiger partial charge on any atom is -0.467 e. The van der Waals surface area contributed by atoms with Crippen LogP contribution in [0.1, 0.15) is 25.1 Å². The maximum absolute atomic E-state index is 5.42. The third-order valence-corrected chi connectivity index (χ3v) is 3.20. The molecule has 1 heterocycles. The van der Waals surface area contributed by atoms with Crippen LogP contribution in [0.15, 0.2) is 47.1 Å². The molecule has 2 nitrogen and oxygen atoms in total. The van der Waals surface area contributed by atoms with Crippen LogP contribution in [0.2, 0.25) is 0 Å². The Morgan fingerprint density at radius 1 is 1.25 bits per heavy atom. The average Bonchev–Trinajstić information content (AvgIpc) is 2.82. The highest BCUT2D eigenvalue weighted by atomic mass is 127. The van der Waals surface area contributed by atoms with Crippen LogP contribution in [0.3, 0.4) is 0 Å². The van der Waals surface area contributed by atoms with Gasteiger partial charge in [-0.05, 0) is 65.4 Å². The van der Waals surface area contributed by atoms with Crippen molar-refractivity contribution in [2.45, 2.75) is 19.4 Å². The maximum Gasteiger partial charge on any atom is 0.125 e. The van der Waals surface area contributed by atoms with Gasteiger partial charge in [0.2, 0.25) is 0 Å². The summed E-state index contributed by atoms with van der Waals surface area (Å²) in [7, 11) is 0. The Bertz CT molecular complexity index is 422. The third-order valence-electron chi connectivity index (χ3n) is 2.48. The van der Waals surface area contributed by atoms with E-state index in [0.717, 1.165) is 17.9 Å². The minimum absolute atomic E-state index is 0.245. The largest absolute Gasteiger partial charge is 0.467 e. The molecule has 1 unspecified atom stereocenters. The van der Waals surface area contributed by atoms with Crippen LogP contribution < -0.4 is 5.32 Å². The van der Waals surface area contributed by atoms with E-state index in [-0.39, 0.29) is 6.04 Å². The van der Waals surface area contributed by atoms with Gasteiger partial charge in [-0.1, -0.05) is 6.92 Å². The second kappa shape index (κ2) is 5.39. The van der Waals surface area contributed by atoms with Gasteiger partial charge in [-0.15, -0.1) is 0 Å². The quantitative estimate of drug-likeness (QED) is 0.840. The van der Waals surface area contributed by atoms with Gasteiger partial charge in [-0.3, -0.25) is 0 Å². The van der Waals surface area contributed by atoms with Gasteiger partial charge in [0.05, 0.1) is 12.3 Å². The highest BCUT2D eigenvalue weighted by Crippen LogP contribution is 2.23. The van der Waals surface area contributed by atoms with Crippen LogP contribution in [0, 0.1) is 3.57 Å². The van der Waals surface area contributed by atoms with Crippen molar-refractivity contribution in [3.8, 4) is 0 Å². The van der Waals surface area contributed by atoms with Gasteiger partial charge in [0.25, 0.3) is 0 Å². The van der Waals surface area contributed by atoms with E-state index >= 15 is 0 Å². The van der Waals surface area contributed by atoms with Crippen molar-refractivity contribution in [2.24, 2.45) is 0 Å². The van der Waals surface area contributed by atoms with Crippen LogP contribution in [-0.2, 0) is 0 Å². The summed E-state index contributed by atoms with van der Waals surface area (Å²) in [5.41, 5.74) is 1.13. The van der Waals surface area contributed by atoms with Crippen molar-refractivity contribution in [1.29, 1.82) is 0 Å². The first-order chi connectivity index (χ1) is 7.79. The zero-order valence-corrected chi connectivity index (χ0v) is 11.3. The molecule has 16 heavy (non-hydrogen) atoms. The number of rotatable bonds is 4. The second-order valence-corrected chi connectivity index (χ2v) is 4.87. The van der Waals surface area contributed by atoms with Gasteiger partial charge in [0, 0.05) is 9.26 Å². The molecule has 3 heteroatoms. The fourth-order valence-electron chi connectivity index (χ4n) is 1.61. The molecule has 0 saturated carbocycles. The molecule has 1 N–H and O–H groups in total. The molecule has 2 aromatic rings. The van der Waals surface area contributed by atoms with E-state index < -0.39 is 0 Å². The lowest BCUT2D eigenvalue weighted by molar-refractivity contribution is 0.474. The van der Waals surface area contributed by atoms with E-state index in [1.807, 2.05) is 12.1 Å². The van der Waals surface area contributed by atoms with Crippen LogP contribution >= 0.6 is 22.6 Å². The van der Waals surface area contributed by atoms with Gasteiger partial charge in [-0.2, -0.15) is 0 Å². The number of benzene rings is 1. The average molecular weight is 327 g/mol. The van der Waals surface area contributed by atoms with Gasteiger partial charge in [-0.25, -0.2) is 0 Å². The Morgan fingerprint density at radius 3 is 2.56 bits per heavy atom. The van der Waals surface area contributed by atoms with E-state index in [4.69, 9.17) is 4.42 Å². The first-order valence-corrected chi connectivity index (χ1v) is 6.43. The third kappa shape index (κ3) is 2.78. The molecular formula is C13H14INO. The van der Waals surface area contributed by atoms with Crippen molar-refractivity contribution in [3.05, 3.63) is 52.0 Å². The monoisotopic (exact) mass is 327 g/mol. The Kier molecular flexibility index (Phi) is 3.88. The number of halogens is 1. The Morgan fingerprint density at radius 2 is 2.00 bits per heavy atom. The van der Waals surface area contributed by atoms with Crippen molar-refractivity contribution < 1.29 is 4.42 Å². The van der Waals surface area contributed by atoms with Crippen LogP contribution in [0.25, 0.3) is 0 Å². The summed E-state index contributed by atoms with van der Waals surface area (Å²) in [4.78, 5) is 0. The molecule has 0 radical (unpaired) electrons. The van der Waals surface area contributed by atoms with Crippen LogP contribution in [0.5, 0.6) is 0 Å². The zero-order valence-electron chi connectivity index (χ0n) is 9.11. The number of anilines is 1. The highest BCUT2D eigenvalue weighted by molar-refractivity contribution is 14.1. The smallest absolute Gasteiger partial charge is 0.125 e. The number of hydrogen-bond acceptors (Lipinski definition) is 2. The molecule has 1 aromatic heterocycles. The van der Waals surface area contributed by atoms with Crippen LogP contribution in [0.4, 0.5) is 5.69 Å². The summed E-state index contributed by atoms with van der Waals surface area (Å²) in [6, 6.07) is 12.5. The molecule has 1 aromatic carbocycles. The Balaban J connectivity index is 2.10. The lowest BCUT2D eigenvalue weighted by Crippen LogP contribution is -2.08. The molecule has 0 amide bonds. The SMILES string of the molecule is CCC(Nc1ccc(I)cc1)c1ccco1. The molecule has 0 aliphatic carbocycles. The lowest BCUT2D eigenvalue weighted by atomic mass is 10.1. The maximum atomic E-state index is 5.42.